The van der Waals surface area contributed by atoms with E-state index in [4.69, 9.17) is 5.11 Å². The molecule has 0 amide bonds. The van der Waals surface area contributed by atoms with E-state index >= 15 is 0 Å². The summed E-state index contributed by atoms with van der Waals surface area (Å²) in [5.74, 6) is 0.453. The molecule has 18 heavy (non-hydrogen) atoms. The Morgan fingerprint density at radius 3 is 2.56 bits per heavy atom. The van der Waals surface area contributed by atoms with Crippen LogP contribution in [0, 0.1) is 6.92 Å². The number of imidazole rings is 1. The molecule has 0 radical (unpaired) electrons. The van der Waals surface area contributed by atoms with Gasteiger partial charge in [-0.2, -0.15) is 4.31 Å². The van der Waals surface area contributed by atoms with Gasteiger partial charge in [0, 0.05) is 19.8 Å². The summed E-state index contributed by atoms with van der Waals surface area (Å²) in [5, 5.41) is 8.45. The Labute approximate surface area is 104 Å². The summed E-state index contributed by atoms with van der Waals surface area (Å²) in [7, 11) is -2.50. The zero-order valence-corrected chi connectivity index (χ0v) is 10.9. The van der Waals surface area contributed by atoms with Gasteiger partial charge in [0.1, 0.15) is 5.82 Å². The summed E-state index contributed by atoms with van der Waals surface area (Å²) >= 11 is 0. The molecule has 1 heterocycles. The van der Waals surface area contributed by atoms with E-state index in [1.165, 1.54) is 10.8 Å². The Kier molecular flexibility index (Phi) is 4.77. The number of hydrogen-bond acceptors (Lipinski definition) is 4. The predicted octanol–water partition coefficient (Wildman–Crippen LogP) is -0.0234. The van der Waals surface area contributed by atoms with Gasteiger partial charge >= 0.3 is 0 Å². The lowest BCUT2D eigenvalue weighted by Crippen LogP contribution is -2.37. The van der Waals surface area contributed by atoms with E-state index in [0.717, 1.165) is 0 Å². The molecule has 9 heteroatoms. The molecule has 1 rings (SSSR count). The van der Waals surface area contributed by atoms with Gasteiger partial charge in [0.25, 0.3) is 16.4 Å². The second-order valence-electron chi connectivity index (χ2n) is 3.72. The molecule has 1 aromatic heterocycles. The molecule has 0 saturated carbocycles. The Morgan fingerprint density at radius 1 is 1.56 bits per heavy atom. The van der Waals surface area contributed by atoms with Crippen LogP contribution in [0.1, 0.15) is 5.82 Å². The summed E-state index contributed by atoms with van der Waals surface area (Å²) < 4.78 is 50.7. The topological polar surface area (TPSA) is 75.4 Å². The Morgan fingerprint density at radius 2 is 2.17 bits per heavy atom. The molecule has 0 spiro atoms. The van der Waals surface area contributed by atoms with Crippen molar-refractivity contribution in [2.45, 2.75) is 18.4 Å². The van der Waals surface area contributed by atoms with Crippen molar-refractivity contribution in [1.82, 2.24) is 13.9 Å². The maximum Gasteiger partial charge on any atom is 0.262 e. The largest absolute Gasteiger partial charge is 0.395 e. The SMILES string of the molecule is Cc1nc(S(=O)(=O)N(CCO)CC(F)F)cn1C. The zero-order chi connectivity index (χ0) is 13.9. The Bertz CT molecular complexity index is 482. The van der Waals surface area contributed by atoms with Gasteiger partial charge in [-0.15, -0.1) is 0 Å². The number of halogens is 2. The summed E-state index contributed by atoms with van der Waals surface area (Å²) in [6.45, 7) is -0.277. The maximum absolute atomic E-state index is 12.3. The van der Waals surface area contributed by atoms with Crippen LogP contribution in [0.2, 0.25) is 0 Å². The van der Waals surface area contributed by atoms with Crippen molar-refractivity contribution in [2.24, 2.45) is 7.05 Å². The lowest BCUT2D eigenvalue weighted by Gasteiger charge is -2.19. The normalized spacial score (nSPS) is 12.6. The molecular formula is C9H15F2N3O3S. The molecule has 0 aromatic carbocycles. The van der Waals surface area contributed by atoms with Gasteiger partial charge in [-0.1, -0.05) is 0 Å². The minimum absolute atomic E-state index is 0.295. The highest BCUT2D eigenvalue weighted by atomic mass is 32.2. The summed E-state index contributed by atoms with van der Waals surface area (Å²) in [5.41, 5.74) is 0. The minimum Gasteiger partial charge on any atom is -0.395 e. The Balaban J connectivity index is 3.08. The lowest BCUT2D eigenvalue weighted by atomic mass is 10.6. The van der Waals surface area contributed by atoms with E-state index in [9.17, 15) is 17.2 Å². The first kappa shape index (κ1) is 15.0. The molecule has 0 atom stereocenters. The van der Waals surface area contributed by atoms with Crippen LogP contribution >= 0.6 is 0 Å². The molecule has 6 nitrogen and oxygen atoms in total. The van der Waals surface area contributed by atoms with Crippen LogP contribution in [0.4, 0.5) is 8.78 Å². The van der Waals surface area contributed by atoms with Crippen molar-refractivity contribution in [3.05, 3.63) is 12.0 Å². The molecule has 0 saturated heterocycles. The average Bonchev–Trinajstić information content (AvgIpc) is 2.59. The molecule has 0 aliphatic carbocycles. The van der Waals surface area contributed by atoms with E-state index in [-0.39, 0.29) is 11.6 Å². The van der Waals surface area contributed by atoms with Gasteiger partial charge in [0.2, 0.25) is 0 Å². The molecule has 1 N–H and O–H groups in total. The lowest BCUT2D eigenvalue weighted by molar-refractivity contribution is 0.113. The number of nitrogens with zero attached hydrogens (tertiary/aromatic N) is 3. The fourth-order valence-corrected chi connectivity index (χ4v) is 2.79. The number of aliphatic hydroxyl groups is 1. The number of hydrogen-bond donors (Lipinski definition) is 1. The highest BCUT2D eigenvalue weighted by molar-refractivity contribution is 7.89. The maximum atomic E-state index is 12.3. The number of aliphatic hydroxyl groups excluding tert-OH is 1. The Hall–Kier alpha value is -1.06. The predicted molar refractivity (Wildman–Crippen MR) is 59.8 cm³/mol. The van der Waals surface area contributed by atoms with E-state index < -0.39 is 29.6 Å². The first-order chi connectivity index (χ1) is 8.28. The summed E-state index contributed by atoms with van der Waals surface area (Å²) in [6.07, 6.45) is -1.56. The number of aromatic nitrogens is 2. The number of aryl methyl sites for hydroxylation is 2. The monoisotopic (exact) mass is 283 g/mol. The highest BCUT2D eigenvalue weighted by Gasteiger charge is 2.29. The number of sulfonamides is 1. The molecular weight excluding hydrogens is 268 g/mol. The van der Waals surface area contributed by atoms with Crippen molar-refractivity contribution in [3.63, 3.8) is 0 Å². The zero-order valence-electron chi connectivity index (χ0n) is 10.0. The second-order valence-corrected chi connectivity index (χ2v) is 5.60. The molecule has 0 unspecified atom stereocenters. The van der Waals surface area contributed by atoms with Gasteiger partial charge in [-0.25, -0.2) is 22.2 Å². The number of rotatable bonds is 6. The smallest absolute Gasteiger partial charge is 0.262 e. The standard InChI is InChI=1S/C9H15F2N3O3S/c1-7-12-9(6-13(7)2)18(16,17)14(3-4-15)5-8(10)11/h6,8,15H,3-5H2,1-2H3. The van der Waals surface area contributed by atoms with Crippen molar-refractivity contribution in [1.29, 1.82) is 0 Å². The number of alkyl halides is 2. The second kappa shape index (κ2) is 5.72. The average molecular weight is 283 g/mol. The van der Waals surface area contributed by atoms with Gasteiger partial charge in [-0.05, 0) is 6.92 Å². The third-order valence-electron chi connectivity index (χ3n) is 2.38. The van der Waals surface area contributed by atoms with Crippen molar-refractivity contribution >= 4 is 10.0 Å². The van der Waals surface area contributed by atoms with Gasteiger partial charge in [-0.3, -0.25) is 0 Å². The molecule has 104 valence electrons. The third-order valence-corrected chi connectivity index (χ3v) is 4.12. The third kappa shape index (κ3) is 3.24. The molecule has 0 bridgehead atoms. The van der Waals surface area contributed by atoms with Crippen LogP contribution in [0.5, 0.6) is 0 Å². The molecule has 0 aliphatic heterocycles. The van der Waals surface area contributed by atoms with Crippen LogP contribution in [0.15, 0.2) is 11.2 Å². The van der Waals surface area contributed by atoms with Crippen molar-refractivity contribution < 1.29 is 22.3 Å². The minimum atomic E-state index is -4.10. The summed E-state index contributed by atoms with van der Waals surface area (Å²) in [4.78, 5) is 3.80. The van der Waals surface area contributed by atoms with Crippen LogP contribution in [0.25, 0.3) is 0 Å². The summed E-state index contributed by atoms with van der Waals surface area (Å²) in [6, 6.07) is 0. The van der Waals surface area contributed by atoms with Crippen molar-refractivity contribution in [2.75, 3.05) is 19.7 Å². The molecule has 0 aliphatic rings. The highest BCUT2D eigenvalue weighted by Crippen LogP contribution is 2.15. The van der Waals surface area contributed by atoms with Crippen LogP contribution in [0.3, 0.4) is 0 Å². The van der Waals surface area contributed by atoms with E-state index in [2.05, 4.69) is 4.98 Å². The first-order valence-corrected chi connectivity index (χ1v) is 6.62. The molecule has 0 fully saturated rings. The van der Waals surface area contributed by atoms with Gasteiger partial charge < -0.3 is 9.67 Å². The fraction of sp³-hybridized carbons (Fsp3) is 0.667. The van der Waals surface area contributed by atoms with Gasteiger partial charge in [0.05, 0.1) is 13.2 Å². The van der Waals surface area contributed by atoms with Crippen LogP contribution in [-0.2, 0) is 17.1 Å². The van der Waals surface area contributed by atoms with Gasteiger partial charge in [0.15, 0.2) is 5.03 Å². The van der Waals surface area contributed by atoms with E-state index in [1.54, 1.807) is 14.0 Å². The quantitative estimate of drug-likeness (QED) is 0.796. The van der Waals surface area contributed by atoms with Crippen LogP contribution in [-0.4, -0.2) is 53.5 Å². The molecule has 1 aromatic rings. The van der Waals surface area contributed by atoms with E-state index in [1.807, 2.05) is 0 Å². The fourth-order valence-electron chi connectivity index (χ4n) is 1.36. The van der Waals surface area contributed by atoms with Crippen molar-refractivity contribution in [3.8, 4) is 0 Å². The van der Waals surface area contributed by atoms with E-state index in [0.29, 0.717) is 10.1 Å². The van der Waals surface area contributed by atoms with Crippen LogP contribution < -0.4 is 0 Å². The first-order valence-electron chi connectivity index (χ1n) is 5.18.